The van der Waals surface area contributed by atoms with Crippen molar-refractivity contribution in [3.8, 4) is 11.5 Å². The smallest absolute Gasteiger partial charge is 0.272 e. The minimum Gasteiger partial charge on any atom is -0.463 e. The monoisotopic (exact) mass is 288 g/mol. The number of hydrogen-bond donors (Lipinski definition) is 2. The summed E-state index contributed by atoms with van der Waals surface area (Å²) < 4.78 is 5.28. The molecule has 0 bridgehead atoms. The van der Waals surface area contributed by atoms with Gasteiger partial charge >= 0.3 is 0 Å². The molecule has 1 amide bonds. The zero-order valence-electron chi connectivity index (χ0n) is 12.3. The minimum absolute atomic E-state index is 0.142. The molecule has 2 N–H and O–H groups in total. The van der Waals surface area contributed by atoms with Crippen LogP contribution in [0.15, 0.2) is 28.9 Å². The molecule has 1 saturated heterocycles. The van der Waals surface area contributed by atoms with Crippen LogP contribution >= 0.6 is 0 Å². The molecule has 0 spiro atoms. The van der Waals surface area contributed by atoms with Gasteiger partial charge in [0.1, 0.15) is 5.69 Å². The first-order valence-corrected chi connectivity index (χ1v) is 7.25. The van der Waals surface area contributed by atoms with Crippen LogP contribution in [0.3, 0.4) is 0 Å². The van der Waals surface area contributed by atoms with Gasteiger partial charge in [-0.15, -0.1) is 0 Å². The Morgan fingerprint density at radius 2 is 2.43 bits per heavy atom. The van der Waals surface area contributed by atoms with Crippen LogP contribution in [0.4, 0.5) is 0 Å². The summed E-state index contributed by atoms with van der Waals surface area (Å²) in [5.74, 6) is 0.531. The summed E-state index contributed by atoms with van der Waals surface area (Å²) in [4.78, 5) is 14.6. The van der Waals surface area contributed by atoms with Gasteiger partial charge in [0.15, 0.2) is 11.5 Å². The van der Waals surface area contributed by atoms with Crippen molar-refractivity contribution >= 4 is 5.91 Å². The highest BCUT2D eigenvalue weighted by Gasteiger charge is 2.27. The first kappa shape index (κ1) is 13.9. The highest BCUT2D eigenvalue weighted by molar-refractivity contribution is 5.93. The second-order valence-corrected chi connectivity index (χ2v) is 5.59. The highest BCUT2D eigenvalue weighted by atomic mass is 16.3. The molecule has 2 aromatic rings. The number of likely N-dealkylation sites (tertiary alicyclic amines) is 1. The number of carbonyl (C=O) groups excluding carboxylic acids is 1. The molecule has 112 valence electrons. The molecule has 0 aliphatic carbocycles. The molecule has 21 heavy (non-hydrogen) atoms. The summed E-state index contributed by atoms with van der Waals surface area (Å²) >= 11 is 0. The van der Waals surface area contributed by atoms with Crippen LogP contribution in [0.5, 0.6) is 0 Å². The Hall–Kier alpha value is -2.08. The van der Waals surface area contributed by atoms with Crippen molar-refractivity contribution in [2.24, 2.45) is 0 Å². The van der Waals surface area contributed by atoms with Gasteiger partial charge < -0.3 is 14.6 Å². The Labute approximate surface area is 123 Å². The summed E-state index contributed by atoms with van der Waals surface area (Å²) in [6.07, 6.45) is 3.70. The Bertz CT molecular complexity index is 605. The van der Waals surface area contributed by atoms with Gasteiger partial charge in [0, 0.05) is 18.2 Å². The lowest BCUT2D eigenvalue weighted by Gasteiger charge is -2.37. The van der Waals surface area contributed by atoms with Crippen LogP contribution in [0.1, 0.15) is 30.3 Å². The number of hydrogen-bond acceptors (Lipinski definition) is 4. The van der Waals surface area contributed by atoms with Gasteiger partial charge in [-0.05, 0) is 45.5 Å². The van der Waals surface area contributed by atoms with E-state index in [0.29, 0.717) is 23.2 Å². The maximum absolute atomic E-state index is 12.3. The first-order valence-electron chi connectivity index (χ1n) is 7.25. The molecule has 6 heteroatoms. The molecule has 0 saturated carbocycles. The van der Waals surface area contributed by atoms with Crippen molar-refractivity contribution in [3.05, 3.63) is 30.2 Å². The Morgan fingerprint density at radius 3 is 3.19 bits per heavy atom. The molecular formula is C15H20N4O2. The third kappa shape index (κ3) is 2.85. The molecule has 0 radical (unpaired) electrons. The van der Waals surface area contributed by atoms with Gasteiger partial charge in [-0.3, -0.25) is 9.89 Å². The number of aromatic nitrogens is 2. The van der Waals surface area contributed by atoms with Gasteiger partial charge in [0.25, 0.3) is 5.91 Å². The zero-order chi connectivity index (χ0) is 14.8. The maximum atomic E-state index is 12.3. The number of rotatable bonds is 3. The molecular weight excluding hydrogens is 268 g/mol. The molecule has 3 rings (SSSR count). The van der Waals surface area contributed by atoms with E-state index in [9.17, 15) is 4.79 Å². The van der Waals surface area contributed by atoms with Crippen LogP contribution in [-0.4, -0.2) is 46.7 Å². The molecule has 2 atom stereocenters. The number of carbonyl (C=O) groups is 1. The van der Waals surface area contributed by atoms with E-state index in [-0.39, 0.29) is 11.9 Å². The molecule has 1 aliphatic heterocycles. The van der Waals surface area contributed by atoms with Crippen molar-refractivity contribution < 1.29 is 9.21 Å². The van der Waals surface area contributed by atoms with Gasteiger partial charge in [-0.2, -0.15) is 5.10 Å². The van der Waals surface area contributed by atoms with Gasteiger partial charge in [-0.1, -0.05) is 0 Å². The fraction of sp³-hybridized carbons (Fsp3) is 0.467. The largest absolute Gasteiger partial charge is 0.463 e. The summed E-state index contributed by atoms with van der Waals surface area (Å²) in [7, 11) is 2.09. The lowest BCUT2D eigenvalue weighted by Crippen LogP contribution is -2.52. The number of nitrogens with zero attached hydrogens (tertiary/aromatic N) is 2. The van der Waals surface area contributed by atoms with Crippen molar-refractivity contribution in [1.29, 1.82) is 0 Å². The van der Waals surface area contributed by atoms with Gasteiger partial charge in [-0.25, -0.2) is 0 Å². The third-order valence-corrected chi connectivity index (χ3v) is 4.22. The number of piperidine rings is 1. The predicted octanol–water partition coefficient (Wildman–Crippen LogP) is 1.88. The Kier molecular flexibility index (Phi) is 3.79. The summed E-state index contributed by atoms with van der Waals surface area (Å²) in [5, 5.41) is 9.98. The average Bonchev–Trinajstić information content (AvgIpc) is 3.13. The number of amides is 1. The number of aromatic amines is 1. The highest BCUT2D eigenvalue weighted by Crippen LogP contribution is 2.19. The van der Waals surface area contributed by atoms with E-state index >= 15 is 0 Å². The third-order valence-electron chi connectivity index (χ3n) is 4.22. The first-order chi connectivity index (χ1) is 10.1. The van der Waals surface area contributed by atoms with Crippen LogP contribution in [0.25, 0.3) is 11.5 Å². The molecule has 2 aromatic heterocycles. The normalized spacial score (nSPS) is 23.1. The predicted molar refractivity (Wildman–Crippen MR) is 78.9 cm³/mol. The molecule has 3 heterocycles. The quantitative estimate of drug-likeness (QED) is 0.904. The zero-order valence-corrected chi connectivity index (χ0v) is 12.3. The van der Waals surface area contributed by atoms with Gasteiger partial charge in [0.2, 0.25) is 0 Å². The van der Waals surface area contributed by atoms with Crippen molar-refractivity contribution in [1.82, 2.24) is 20.4 Å². The molecule has 2 unspecified atom stereocenters. The van der Waals surface area contributed by atoms with E-state index in [1.165, 1.54) is 0 Å². The van der Waals surface area contributed by atoms with E-state index in [1.54, 1.807) is 18.4 Å². The molecule has 6 nitrogen and oxygen atoms in total. The fourth-order valence-corrected chi connectivity index (χ4v) is 2.74. The van der Waals surface area contributed by atoms with E-state index in [0.717, 1.165) is 19.4 Å². The Balaban J connectivity index is 1.68. The Morgan fingerprint density at radius 1 is 1.57 bits per heavy atom. The maximum Gasteiger partial charge on any atom is 0.272 e. The topological polar surface area (TPSA) is 74.2 Å². The van der Waals surface area contributed by atoms with Crippen LogP contribution in [0, 0.1) is 0 Å². The average molecular weight is 288 g/mol. The second-order valence-electron chi connectivity index (χ2n) is 5.59. The summed E-state index contributed by atoms with van der Waals surface area (Å²) in [6.45, 7) is 3.22. The number of furan rings is 1. The second kappa shape index (κ2) is 5.73. The van der Waals surface area contributed by atoms with Crippen molar-refractivity contribution in [3.63, 3.8) is 0 Å². The van der Waals surface area contributed by atoms with Crippen LogP contribution in [-0.2, 0) is 0 Å². The minimum atomic E-state index is -0.142. The number of H-pyrrole nitrogens is 1. The van der Waals surface area contributed by atoms with E-state index in [1.807, 2.05) is 6.07 Å². The lowest BCUT2D eigenvalue weighted by molar-refractivity contribution is 0.0863. The summed E-state index contributed by atoms with van der Waals surface area (Å²) in [5.41, 5.74) is 1.10. The van der Waals surface area contributed by atoms with Crippen LogP contribution in [0.2, 0.25) is 0 Å². The van der Waals surface area contributed by atoms with E-state index in [4.69, 9.17) is 4.42 Å². The van der Waals surface area contributed by atoms with Crippen molar-refractivity contribution in [2.45, 2.75) is 31.8 Å². The molecule has 1 fully saturated rings. The van der Waals surface area contributed by atoms with E-state index < -0.39 is 0 Å². The molecule has 1 aliphatic rings. The van der Waals surface area contributed by atoms with Gasteiger partial charge in [0.05, 0.1) is 6.26 Å². The van der Waals surface area contributed by atoms with Crippen molar-refractivity contribution in [2.75, 3.05) is 13.6 Å². The SMILES string of the molecule is CC1C(NC(=O)c2cc(-c3ccco3)[nH]n2)CCCN1C. The fourth-order valence-electron chi connectivity index (χ4n) is 2.74. The summed E-state index contributed by atoms with van der Waals surface area (Å²) in [6, 6.07) is 5.85. The standard InChI is InChI=1S/C15H20N4O2/c1-10-11(5-3-7-19(10)2)16-15(20)13-9-12(17-18-13)14-6-4-8-21-14/h4,6,8-11H,3,5,7H2,1-2H3,(H,16,20)(H,17,18). The number of likely N-dealkylation sites (N-methyl/N-ethyl adjacent to an activating group) is 1. The number of nitrogens with one attached hydrogen (secondary N) is 2. The molecule has 0 aromatic carbocycles. The lowest BCUT2D eigenvalue weighted by atomic mass is 9.98. The van der Waals surface area contributed by atoms with E-state index in [2.05, 4.69) is 34.4 Å². The van der Waals surface area contributed by atoms with Crippen LogP contribution < -0.4 is 5.32 Å².